The number of fused-ring (bicyclic) bond motifs is 1. The number of nitrogens with one attached hydrogen (secondary N) is 1. The Morgan fingerprint density at radius 3 is 2.67 bits per heavy atom. The Bertz CT molecular complexity index is 833. The lowest BCUT2D eigenvalue weighted by atomic mass is 10.1. The number of hydrogen-bond donors (Lipinski definition) is 2. The number of hydrogen-bond acceptors (Lipinski definition) is 3. The third kappa shape index (κ3) is 3.01. The monoisotopic (exact) mass is 313 g/mol. The summed E-state index contributed by atoms with van der Waals surface area (Å²) in [6.45, 7) is 0. The van der Waals surface area contributed by atoms with E-state index in [1.54, 1.807) is 0 Å². The third-order valence-corrected chi connectivity index (χ3v) is 4.14. The highest BCUT2D eigenvalue weighted by Crippen LogP contribution is 2.30. The molecule has 0 radical (unpaired) electrons. The lowest BCUT2D eigenvalue weighted by Crippen LogP contribution is -2.12. The first-order valence-corrected chi connectivity index (χ1v) is 7.50. The van der Waals surface area contributed by atoms with Crippen LogP contribution in [0.2, 0.25) is 5.02 Å². The normalized spacial score (nSPS) is 10.7. The zero-order chi connectivity index (χ0) is 14.8. The molecule has 0 aliphatic heterocycles. The fraction of sp³-hybridized carbons (Fsp3) is 0. The van der Waals surface area contributed by atoms with E-state index in [-0.39, 0.29) is 5.84 Å². The predicted octanol–water partition coefficient (Wildman–Crippen LogP) is 4.32. The fourth-order valence-electron chi connectivity index (χ4n) is 2.08. The Kier molecular flexibility index (Phi) is 3.82. The molecule has 0 saturated heterocycles. The highest BCUT2D eigenvalue weighted by atomic mass is 35.5. The quantitative estimate of drug-likeness (QED) is 0.559. The van der Waals surface area contributed by atoms with Gasteiger partial charge in [0.05, 0.1) is 5.52 Å². The summed E-state index contributed by atoms with van der Waals surface area (Å²) in [4.78, 5) is 5.61. The summed E-state index contributed by atoms with van der Waals surface area (Å²) < 4.78 is 0. The summed E-state index contributed by atoms with van der Waals surface area (Å²) in [5.74, 6) is 0.0431. The van der Waals surface area contributed by atoms with Crippen molar-refractivity contribution in [3.8, 4) is 0 Å². The van der Waals surface area contributed by atoms with Crippen LogP contribution in [-0.2, 0) is 0 Å². The van der Waals surface area contributed by atoms with Crippen LogP contribution < -0.4 is 5.73 Å². The van der Waals surface area contributed by atoms with Crippen molar-refractivity contribution in [3.05, 3.63) is 65.2 Å². The number of nitrogens with zero attached hydrogens (tertiary/aromatic N) is 1. The first kappa shape index (κ1) is 13.9. The second-order valence-electron chi connectivity index (χ2n) is 4.50. The molecule has 3 rings (SSSR count). The van der Waals surface area contributed by atoms with Crippen LogP contribution in [0.4, 0.5) is 0 Å². The summed E-state index contributed by atoms with van der Waals surface area (Å²) in [5, 5.41) is 10.1. The number of benzene rings is 2. The number of halogens is 1. The maximum absolute atomic E-state index is 7.75. The van der Waals surface area contributed by atoms with Gasteiger partial charge in [0.2, 0.25) is 0 Å². The number of nitrogens with two attached hydrogens (primary N) is 1. The van der Waals surface area contributed by atoms with Gasteiger partial charge in [0, 0.05) is 20.9 Å². The molecule has 3 aromatic rings. The van der Waals surface area contributed by atoms with Crippen LogP contribution in [0.1, 0.15) is 5.56 Å². The van der Waals surface area contributed by atoms with Gasteiger partial charge >= 0.3 is 0 Å². The molecule has 0 saturated carbocycles. The second kappa shape index (κ2) is 5.76. The molecule has 0 bridgehead atoms. The number of aromatic nitrogens is 1. The Morgan fingerprint density at radius 1 is 1.10 bits per heavy atom. The van der Waals surface area contributed by atoms with Crippen molar-refractivity contribution in [2.75, 3.05) is 0 Å². The average Bonchev–Trinajstić information content (AvgIpc) is 2.46. The first-order chi connectivity index (χ1) is 10.1. The molecule has 1 heterocycles. The van der Waals surface area contributed by atoms with Gasteiger partial charge in [-0.05, 0) is 30.3 Å². The van der Waals surface area contributed by atoms with Crippen molar-refractivity contribution in [1.82, 2.24) is 4.98 Å². The van der Waals surface area contributed by atoms with Gasteiger partial charge in [-0.1, -0.05) is 47.6 Å². The molecule has 104 valence electrons. The maximum atomic E-state index is 7.75. The topological polar surface area (TPSA) is 62.8 Å². The van der Waals surface area contributed by atoms with Crippen LogP contribution in [0.25, 0.3) is 10.9 Å². The highest BCUT2D eigenvalue weighted by molar-refractivity contribution is 7.99. The molecule has 1 aromatic heterocycles. The average molecular weight is 314 g/mol. The van der Waals surface area contributed by atoms with Crippen LogP contribution >= 0.6 is 23.4 Å². The molecule has 0 aliphatic rings. The number of para-hydroxylation sites is 1. The molecule has 0 spiro atoms. The minimum atomic E-state index is 0.0431. The van der Waals surface area contributed by atoms with E-state index in [0.29, 0.717) is 10.6 Å². The minimum absolute atomic E-state index is 0.0431. The number of amidine groups is 1. The van der Waals surface area contributed by atoms with Gasteiger partial charge in [0.25, 0.3) is 0 Å². The van der Waals surface area contributed by atoms with E-state index in [4.69, 9.17) is 22.7 Å². The lowest BCUT2D eigenvalue weighted by molar-refractivity contribution is 1.18. The van der Waals surface area contributed by atoms with Gasteiger partial charge < -0.3 is 5.73 Å². The summed E-state index contributed by atoms with van der Waals surface area (Å²) in [6.07, 6.45) is 0. The van der Waals surface area contributed by atoms with Crippen molar-refractivity contribution >= 4 is 40.1 Å². The van der Waals surface area contributed by atoms with Gasteiger partial charge in [0.15, 0.2) is 0 Å². The van der Waals surface area contributed by atoms with Crippen LogP contribution in [0.5, 0.6) is 0 Å². The molecule has 5 heteroatoms. The van der Waals surface area contributed by atoms with Crippen molar-refractivity contribution in [2.45, 2.75) is 9.92 Å². The second-order valence-corrected chi connectivity index (χ2v) is 6.03. The molecule has 3 N–H and O–H groups in total. The first-order valence-electron chi connectivity index (χ1n) is 6.31. The van der Waals surface area contributed by atoms with E-state index in [1.807, 2.05) is 54.6 Å². The molecule has 0 amide bonds. The van der Waals surface area contributed by atoms with E-state index in [9.17, 15) is 0 Å². The van der Waals surface area contributed by atoms with Gasteiger partial charge in [-0.2, -0.15) is 0 Å². The minimum Gasteiger partial charge on any atom is -0.384 e. The van der Waals surface area contributed by atoms with Crippen molar-refractivity contribution < 1.29 is 0 Å². The van der Waals surface area contributed by atoms with Gasteiger partial charge in [0.1, 0.15) is 10.9 Å². The molecular weight excluding hydrogens is 302 g/mol. The number of pyridine rings is 1. The summed E-state index contributed by atoms with van der Waals surface area (Å²) >= 11 is 7.50. The van der Waals surface area contributed by atoms with Gasteiger partial charge in [-0.15, -0.1) is 0 Å². The van der Waals surface area contributed by atoms with Crippen LogP contribution in [0.15, 0.2) is 64.5 Å². The van der Waals surface area contributed by atoms with Crippen molar-refractivity contribution in [2.24, 2.45) is 5.73 Å². The Balaban J connectivity index is 2.09. The maximum Gasteiger partial charge on any atom is 0.123 e. The van der Waals surface area contributed by atoms with E-state index >= 15 is 0 Å². The SMILES string of the molecule is N=C(N)c1cc(Sc2cccc(Cl)c2)nc2ccccc12. The number of rotatable bonds is 3. The largest absolute Gasteiger partial charge is 0.384 e. The van der Waals surface area contributed by atoms with Crippen LogP contribution in [-0.4, -0.2) is 10.8 Å². The van der Waals surface area contributed by atoms with Gasteiger partial charge in [-0.3, -0.25) is 5.41 Å². The van der Waals surface area contributed by atoms with Crippen molar-refractivity contribution in [3.63, 3.8) is 0 Å². The fourth-order valence-corrected chi connectivity index (χ4v) is 3.23. The molecular formula is C16H12ClN3S. The van der Waals surface area contributed by atoms with Crippen LogP contribution in [0, 0.1) is 5.41 Å². The summed E-state index contributed by atoms with van der Waals surface area (Å²) in [6, 6.07) is 17.1. The lowest BCUT2D eigenvalue weighted by Gasteiger charge is -2.08. The summed E-state index contributed by atoms with van der Waals surface area (Å²) in [7, 11) is 0. The predicted molar refractivity (Wildman–Crippen MR) is 88.3 cm³/mol. The Labute approximate surface area is 131 Å². The smallest absolute Gasteiger partial charge is 0.123 e. The zero-order valence-electron chi connectivity index (χ0n) is 11.0. The molecule has 3 nitrogen and oxygen atoms in total. The van der Waals surface area contributed by atoms with E-state index < -0.39 is 0 Å². The van der Waals surface area contributed by atoms with Gasteiger partial charge in [-0.25, -0.2) is 4.98 Å². The Morgan fingerprint density at radius 2 is 1.90 bits per heavy atom. The molecule has 0 aliphatic carbocycles. The Hall–Kier alpha value is -2.04. The van der Waals surface area contributed by atoms with E-state index in [2.05, 4.69) is 4.98 Å². The molecule has 0 fully saturated rings. The molecule has 0 unspecified atom stereocenters. The zero-order valence-corrected chi connectivity index (χ0v) is 12.6. The highest BCUT2D eigenvalue weighted by Gasteiger charge is 2.09. The molecule has 2 aromatic carbocycles. The standard InChI is InChI=1S/C16H12ClN3S/c17-10-4-3-5-11(8-10)21-15-9-13(16(18)19)12-6-1-2-7-14(12)20-15/h1-9H,(H3,18,19). The number of nitrogen functional groups attached to an aromatic ring is 1. The van der Waals surface area contributed by atoms with E-state index in [0.717, 1.165) is 20.8 Å². The third-order valence-electron chi connectivity index (χ3n) is 3.00. The van der Waals surface area contributed by atoms with E-state index in [1.165, 1.54) is 11.8 Å². The van der Waals surface area contributed by atoms with Crippen LogP contribution in [0.3, 0.4) is 0 Å². The molecule has 0 atom stereocenters. The molecule has 21 heavy (non-hydrogen) atoms. The summed E-state index contributed by atoms with van der Waals surface area (Å²) in [5.41, 5.74) is 7.22. The van der Waals surface area contributed by atoms with Crippen molar-refractivity contribution in [1.29, 1.82) is 5.41 Å².